The van der Waals surface area contributed by atoms with Gasteiger partial charge in [-0.3, -0.25) is 14.5 Å². The van der Waals surface area contributed by atoms with Gasteiger partial charge in [-0.1, -0.05) is 24.3 Å². The molecule has 3 aliphatic heterocycles. The summed E-state index contributed by atoms with van der Waals surface area (Å²) in [6.07, 6.45) is 1.71. The van der Waals surface area contributed by atoms with Crippen LogP contribution >= 0.6 is 11.8 Å². The normalized spacial score (nSPS) is 22.2. The average Bonchev–Trinajstić information content (AvgIpc) is 3.30. The summed E-state index contributed by atoms with van der Waals surface area (Å²) in [5.74, 6) is -0.249. The van der Waals surface area contributed by atoms with E-state index in [9.17, 15) is 14.4 Å². The van der Waals surface area contributed by atoms with Gasteiger partial charge in [-0.25, -0.2) is 4.79 Å². The fourth-order valence-corrected chi connectivity index (χ4v) is 5.52. The van der Waals surface area contributed by atoms with Gasteiger partial charge in [-0.2, -0.15) is 4.99 Å². The minimum atomic E-state index is -0.538. The quantitative estimate of drug-likeness (QED) is 0.673. The Morgan fingerprint density at radius 3 is 2.65 bits per heavy atom. The van der Waals surface area contributed by atoms with Crippen LogP contribution in [0.15, 0.2) is 65.0 Å². The van der Waals surface area contributed by atoms with Crippen molar-refractivity contribution in [2.24, 2.45) is 4.99 Å². The lowest BCUT2D eigenvalue weighted by atomic mass is 10.1. The van der Waals surface area contributed by atoms with Crippen LogP contribution in [-0.4, -0.2) is 64.3 Å². The molecule has 174 valence electrons. The second-order valence-corrected chi connectivity index (χ2v) is 9.91. The average molecular weight is 475 g/mol. The molecular weight excluding hydrogens is 448 g/mol. The third-order valence-corrected chi connectivity index (χ3v) is 7.47. The first kappa shape index (κ1) is 22.4. The van der Waals surface area contributed by atoms with Gasteiger partial charge in [0, 0.05) is 36.9 Å². The maximum absolute atomic E-state index is 13.1. The number of fused-ring (bicyclic) bond motifs is 1. The molecule has 7 nitrogen and oxygen atoms in total. The number of thioether (sulfide) groups is 1. The van der Waals surface area contributed by atoms with Gasteiger partial charge >= 0.3 is 6.03 Å². The Labute approximate surface area is 203 Å². The van der Waals surface area contributed by atoms with Crippen molar-refractivity contribution >= 4 is 41.0 Å². The number of anilines is 1. The summed E-state index contributed by atoms with van der Waals surface area (Å²) in [6, 6.07) is 15.3. The zero-order valence-electron chi connectivity index (χ0n) is 19.2. The highest BCUT2D eigenvalue weighted by Gasteiger charge is 2.38. The van der Waals surface area contributed by atoms with Gasteiger partial charge in [0.2, 0.25) is 0 Å². The highest BCUT2D eigenvalue weighted by atomic mass is 32.2. The van der Waals surface area contributed by atoms with Gasteiger partial charge in [-0.05, 0) is 60.7 Å². The van der Waals surface area contributed by atoms with Crippen molar-refractivity contribution in [3.63, 3.8) is 0 Å². The van der Waals surface area contributed by atoms with Crippen molar-refractivity contribution in [2.75, 3.05) is 24.5 Å². The number of hydrogen-bond acceptors (Lipinski definition) is 5. The van der Waals surface area contributed by atoms with E-state index in [1.165, 1.54) is 27.9 Å². The van der Waals surface area contributed by atoms with Crippen LogP contribution in [-0.2, 0) is 11.3 Å². The summed E-state index contributed by atoms with van der Waals surface area (Å²) in [5.41, 5.74) is 4.32. The number of imide groups is 1. The highest BCUT2D eigenvalue weighted by molar-refractivity contribution is 8.04. The Balaban J connectivity index is 1.22. The molecule has 8 heteroatoms. The molecule has 1 fully saturated rings. The Morgan fingerprint density at radius 2 is 1.91 bits per heavy atom. The molecule has 0 N–H and O–H groups in total. The van der Waals surface area contributed by atoms with Crippen LogP contribution in [0.5, 0.6) is 0 Å². The molecule has 2 unspecified atom stereocenters. The number of piperazine rings is 1. The molecule has 0 aromatic heterocycles. The van der Waals surface area contributed by atoms with Crippen molar-refractivity contribution in [1.82, 2.24) is 9.80 Å². The maximum Gasteiger partial charge on any atom is 0.350 e. The first-order valence-electron chi connectivity index (χ1n) is 11.4. The second-order valence-electron chi connectivity index (χ2n) is 8.89. The summed E-state index contributed by atoms with van der Waals surface area (Å²) < 4.78 is 0. The molecule has 3 aliphatic rings. The SMILES string of the molecule is Cc1cccc(N2CCN(C(=O)c3ccc(CN4C(=O)N=C5C=CSC5C4=O)cc3)CC2C)c1. The largest absolute Gasteiger partial charge is 0.365 e. The number of nitrogens with zero attached hydrogens (tertiary/aromatic N) is 4. The van der Waals surface area contributed by atoms with Crippen LogP contribution in [0, 0.1) is 6.92 Å². The predicted octanol–water partition coefficient (Wildman–Crippen LogP) is 3.88. The molecule has 3 heterocycles. The van der Waals surface area contributed by atoms with E-state index in [-0.39, 0.29) is 24.4 Å². The number of aliphatic imine (C=N–C) groups is 1. The molecule has 0 radical (unpaired) electrons. The van der Waals surface area contributed by atoms with E-state index >= 15 is 0 Å². The third-order valence-electron chi connectivity index (χ3n) is 6.46. The molecule has 0 aliphatic carbocycles. The van der Waals surface area contributed by atoms with Crippen molar-refractivity contribution in [3.8, 4) is 0 Å². The number of amides is 4. The minimum absolute atomic E-state index is 0.00455. The number of allylic oxidation sites excluding steroid dienone is 1. The topological polar surface area (TPSA) is 73.3 Å². The van der Waals surface area contributed by atoms with Gasteiger partial charge in [0.15, 0.2) is 0 Å². The fourth-order valence-electron chi connectivity index (χ4n) is 4.63. The van der Waals surface area contributed by atoms with E-state index in [1.807, 2.05) is 4.90 Å². The highest BCUT2D eigenvalue weighted by Crippen LogP contribution is 2.29. The van der Waals surface area contributed by atoms with E-state index < -0.39 is 11.3 Å². The summed E-state index contributed by atoms with van der Waals surface area (Å²) in [5, 5.41) is 1.36. The fraction of sp³-hybridized carbons (Fsp3) is 0.308. The van der Waals surface area contributed by atoms with Crippen LogP contribution in [0.1, 0.15) is 28.4 Å². The minimum Gasteiger partial charge on any atom is -0.365 e. The van der Waals surface area contributed by atoms with E-state index in [0.717, 1.165) is 12.1 Å². The van der Waals surface area contributed by atoms with Crippen LogP contribution < -0.4 is 4.90 Å². The van der Waals surface area contributed by atoms with Gasteiger partial charge in [0.25, 0.3) is 11.8 Å². The molecule has 0 spiro atoms. The number of urea groups is 1. The second kappa shape index (κ2) is 9.10. The lowest BCUT2D eigenvalue weighted by Gasteiger charge is -2.41. The van der Waals surface area contributed by atoms with Crippen molar-refractivity contribution in [1.29, 1.82) is 0 Å². The third kappa shape index (κ3) is 4.25. The molecule has 2 aromatic carbocycles. The van der Waals surface area contributed by atoms with E-state index in [2.05, 4.69) is 48.0 Å². The van der Waals surface area contributed by atoms with E-state index in [0.29, 0.717) is 24.4 Å². The number of benzene rings is 2. The lowest BCUT2D eigenvalue weighted by Crippen LogP contribution is -2.53. The summed E-state index contributed by atoms with van der Waals surface area (Å²) in [6.45, 7) is 6.46. The summed E-state index contributed by atoms with van der Waals surface area (Å²) >= 11 is 1.36. The monoisotopic (exact) mass is 474 g/mol. The molecule has 1 saturated heterocycles. The first-order valence-corrected chi connectivity index (χ1v) is 12.3. The maximum atomic E-state index is 13.1. The van der Waals surface area contributed by atoms with Gasteiger partial charge in [0.05, 0.1) is 12.3 Å². The van der Waals surface area contributed by atoms with Gasteiger partial charge in [0.1, 0.15) is 5.25 Å². The zero-order valence-corrected chi connectivity index (χ0v) is 20.0. The van der Waals surface area contributed by atoms with Gasteiger partial charge in [-0.15, -0.1) is 11.8 Å². The number of aryl methyl sites for hydroxylation is 1. The molecular formula is C26H26N4O3S. The summed E-state index contributed by atoms with van der Waals surface area (Å²) in [7, 11) is 0. The van der Waals surface area contributed by atoms with Crippen molar-refractivity contribution in [2.45, 2.75) is 31.7 Å². The standard InChI is InChI=1S/C26H26N4O3S/c1-17-4-3-5-21(14-17)29-12-11-28(15-18(29)2)24(31)20-8-6-19(7-9-20)16-30-25(32)23-22(10-13-34-23)27-26(30)33/h3-10,13-14,18,23H,11-12,15-16H2,1-2H3. The first-order chi connectivity index (χ1) is 16.4. The Bertz CT molecular complexity index is 1210. The van der Waals surface area contributed by atoms with E-state index in [1.54, 1.807) is 35.7 Å². The number of carbonyl (C=O) groups excluding carboxylic acids is 3. The molecule has 0 saturated carbocycles. The van der Waals surface area contributed by atoms with E-state index in [4.69, 9.17) is 0 Å². The Morgan fingerprint density at radius 1 is 1.12 bits per heavy atom. The molecule has 0 bridgehead atoms. The number of rotatable bonds is 4. The molecule has 34 heavy (non-hydrogen) atoms. The molecule has 2 atom stereocenters. The Kier molecular flexibility index (Phi) is 6.00. The molecule has 5 rings (SSSR count). The van der Waals surface area contributed by atoms with Crippen molar-refractivity contribution < 1.29 is 14.4 Å². The predicted molar refractivity (Wildman–Crippen MR) is 134 cm³/mol. The number of hydrogen-bond donors (Lipinski definition) is 0. The van der Waals surface area contributed by atoms with Crippen LogP contribution in [0.3, 0.4) is 0 Å². The summed E-state index contributed by atoms with van der Waals surface area (Å²) in [4.78, 5) is 47.6. The zero-order chi connectivity index (χ0) is 23.8. The van der Waals surface area contributed by atoms with Crippen LogP contribution in [0.2, 0.25) is 0 Å². The Hall–Kier alpha value is -3.39. The van der Waals surface area contributed by atoms with Gasteiger partial charge < -0.3 is 9.80 Å². The lowest BCUT2D eigenvalue weighted by molar-refractivity contribution is -0.127. The molecule has 4 amide bonds. The smallest absolute Gasteiger partial charge is 0.350 e. The van der Waals surface area contributed by atoms with Crippen LogP contribution in [0.4, 0.5) is 10.5 Å². The number of carbonyl (C=O) groups is 3. The van der Waals surface area contributed by atoms with Crippen LogP contribution in [0.25, 0.3) is 0 Å². The molecule has 2 aromatic rings. The van der Waals surface area contributed by atoms with Crippen molar-refractivity contribution in [3.05, 3.63) is 76.7 Å².